The Kier molecular flexibility index (Phi) is 3.37. The van der Waals surface area contributed by atoms with Crippen LogP contribution in [0.4, 0.5) is 0 Å². The maximum Gasteiger partial charge on any atom is 0.491 e. The van der Waals surface area contributed by atoms with Gasteiger partial charge in [0.25, 0.3) is 0 Å². The fraction of sp³-hybridized carbons (Fsp3) is 0.0714. The van der Waals surface area contributed by atoms with Gasteiger partial charge >= 0.3 is 7.12 Å². The van der Waals surface area contributed by atoms with Gasteiger partial charge in [0.05, 0.1) is 11.6 Å². The van der Waals surface area contributed by atoms with E-state index < -0.39 is 7.12 Å². The van der Waals surface area contributed by atoms with Crippen molar-refractivity contribution in [2.24, 2.45) is 0 Å². The van der Waals surface area contributed by atoms with Crippen LogP contribution in [0.5, 0.6) is 11.5 Å². The Bertz CT molecular complexity index is 714. The summed E-state index contributed by atoms with van der Waals surface area (Å²) in [4.78, 5) is 0. The number of halogens is 1. The molecule has 2 aromatic rings. The van der Waals surface area contributed by atoms with E-state index in [1.165, 1.54) is 0 Å². The Morgan fingerprint density at radius 1 is 1.35 bits per heavy atom. The third-order valence-electron chi connectivity index (χ3n) is 3.09. The van der Waals surface area contributed by atoms with E-state index in [2.05, 4.69) is 0 Å². The number of ether oxygens (including phenoxy) is 1. The normalized spacial score (nSPS) is 12.9. The van der Waals surface area contributed by atoms with Crippen molar-refractivity contribution in [3.8, 4) is 17.6 Å². The first-order chi connectivity index (χ1) is 9.69. The van der Waals surface area contributed by atoms with Crippen LogP contribution in [0.3, 0.4) is 0 Å². The molecule has 0 unspecified atom stereocenters. The summed E-state index contributed by atoms with van der Waals surface area (Å²) in [6.45, 7) is 0.342. The molecule has 98 valence electrons. The second-order valence-electron chi connectivity index (χ2n) is 4.35. The fourth-order valence-electron chi connectivity index (χ4n) is 2.09. The predicted molar refractivity (Wildman–Crippen MR) is 75.1 cm³/mol. The van der Waals surface area contributed by atoms with Crippen molar-refractivity contribution in [2.45, 2.75) is 6.61 Å². The number of nitrogens with zero attached hydrogens (tertiary/aromatic N) is 1. The summed E-state index contributed by atoms with van der Waals surface area (Å²) in [6, 6.07) is 12.3. The van der Waals surface area contributed by atoms with Gasteiger partial charge in [0.15, 0.2) is 0 Å². The third kappa shape index (κ3) is 2.25. The van der Waals surface area contributed by atoms with Crippen LogP contribution >= 0.6 is 11.6 Å². The van der Waals surface area contributed by atoms with Crippen LogP contribution in [-0.2, 0) is 11.3 Å². The maximum absolute atomic E-state index is 9.56. The molecule has 0 aromatic heterocycles. The lowest BCUT2D eigenvalue weighted by Crippen LogP contribution is -2.27. The van der Waals surface area contributed by atoms with E-state index in [9.17, 15) is 5.02 Å². The molecule has 0 saturated carbocycles. The number of fused-ring (bicyclic) bond motifs is 1. The van der Waals surface area contributed by atoms with Gasteiger partial charge in [0, 0.05) is 0 Å². The van der Waals surface area contributed by atoms with Crippen LogP contribution in [0, 0.1) is 11.3 Å². The van der Waals surface area contributed by atoms with Gasteiger partial charge in [-0.1, -0.05) is 23.7 Å². The molecule has 0 saturated heterocycles. The molecule has 0 amide bonds. The van der Waals surface area contributed by atoms with Crippen LogP contribution in [0.25, 0.3) is 0 Å². The van der Waals surface area contributed by atoms with Crippen LogP contribution in [0.1, 0.15) is 11.1 Å². The Morgan fingerprint density at radius 3 is 3.00 bits per heavy atom. The van der Waals surface area contributed by atoms with Gasteiger partial charge < -0.3 is 14.4 Å². The molecule has 1 aliphatic heterocycles. The molecule has 0 spiro atoms. The van der Waals surface area contributed by atoms with Gasteiger partial charge in [0.2, 0.25) is 0 Å². The van der Waals surface area contributed by atoms with E-state index >= 15 is 0 Å². The Labute approximate surface area is 121 Å². The Hall–Kier alpha value is -2.00. The zero-order valence-electron chi connectivity index (χ0n) is 10.3. The van der Waals surface area contributed by atoms with Crippen LogP contribution in [0.15, 0.2) is 36.4 Å². The highest BCUT2D eigenvalue weighted by molar-refractivity contribution is 6.61. The first-order valence-electron chi connectivity index (χ1n) is 5.98. The van der Waals surface area contributed by atoms with E-state index in [1.807, 2.05) is 6.07 Å². The van der Waals surface area contributed by atoms with Gasteiger partial charge in [-0.15, -0.1) is 0 Å². The highest BCUT2D eigenvalue weighted by atomic mass is 35.5. The number of benzene rings is 2. The molecular weight excluding hydrogens is 276 g/mol. The highest BCUT2D eigenvalue weighted by Crippen LogP contribution is 2.30. The summed E-state index contributed by atoms with van der Waals surface area (Å²) in [5.41, 5.74) is 1.91. The van der Waals surface area contributed by atoms with Crippen molar-refractivity contribution in [3.63, 3.8) is 0 Å². The monoisotopic (exact) mass is 285 g/mol. The molecular formula is C14H9BClNO3. The molecule has 4 nitrogen and oxygen atoms in total. The van der Waals surface area contributed by atoms with Gasteiger partial charge in [-0.25, -0.2) is 0 Å². The van der Waals surface area contributed by atoms with Crippen molar-refractivity contribution in [1.29, 1.82) is 5.26 Å². The summed E-state index contributed by atoms with van der Waals surface area (Å²) < 4.78 is 10.8. The first kappa shape index (κ1) is 13.0. The lowest BCUT2D eigenvalue weighted by molar-refractivity contribution is 0.275. The minimum atomic E-state index is -0.875. The summed E-state index contributed by atoms with van der Waals surface area (Å²) in [6.07, 6.45) is 0. The predicted octanol–water partition coefficient (Wildman–Crippen LogP) is 2.22. The molecule has 20 heavy (non-hydrogen) atoms. The smallest absolute Gasteiger partial charge is 0.456 e. The average Bonchev–Trinajstić information content (AvgIpc) is 2.80. The highest BCUT2D eigenvalue weighted by Gasteiger charge is 2.27. The average molecular weight is 285 g/mol. The Morgan fingerprint density at radius 2 is 2.20 bits per heavy atom. The molecule has 1 aliphatic rings. The first-order valence-corrected chi connectivity index (χ1v) is 6.36. The second-order valence-corrected chi connectivity index (χ2v) is 4.76. The van der Waals surface area contributed by atoms with Gasteiger partial charge in [0.1, 0.15) is 23.1 Å². The van der Waals surface area contributed by atoms with Crippen molar-refractivity contribution >= 4 is 24.2 Å². The lowest BCUT2D eigenvalue weighted by Gasteiger charge is -2.09. The molecule has 0 atom stereocenters. The Balaban J connectivity index is 1.93. The topological polar surface area (TPSA) is 62.5 Å². The zero-order valence-corrected chi connectivity index (χ0v) is 11.1. The maximum atomic E-state index is 9.56. The van der Waals surface area contributed by atoms with Gasteiger partial charge in [-0.3, -0.25) is 0 Å². The van der Waals surface area contributed by atoms with E-state index in [1.54, 1.807) is 36.4 Å². The van der Waals surface area contributed by atoms with E-state index in [0.717, 1.165) is 11.0 Å². The lowest BCUT2D eigenvalue weighted by atomic mass is 9.80. The number of nitriles is 1. The molecule has 1 N–H and O–H groups in total. The fourth-order valence-corrected chi connectivity index (χ4v) is 2.30. The summed E-state index contributed by atoms with van der Waals surface area (Å²) in [5, 5.41) is 19.0. The molecule has 0 bridgehead atoms. The number of hydrogen-bond acceptors (Lipinski definition) is 4. The number of rotatable bonds is 2. The second kappa shape index (κ2) is 5.18. The minimum absolute atomic E-state index is 0.297. The molecule has 0 radical (unpaired) electrons. The van der Waals surface area contributed by atoms with Crippen LogP contribution in [0.2, 0.25) is 5.02 Å². The van der Waals surface area contributed by atoms with E-state index in [4.69, 9.17) is 26.3 Å². The molecule has 2 aromatic carbocycles. The van der Waals surface area contributed by atoms with Crippen molar-refractivity contribution < 1.29 is 14.4 Å². The van der Waals surface area contributed by atoms with Crippen molar-refractivity contribution in [2.75, 3.05) is 0 Å². The van der Waals surface area contributed by atoms with E-state index in [-0.39, 0.29) is 0 Å². The molecule has 1 heterocycles. The summed E-state index contributed by atoms with van der Waals surface area (Å²) in [7, 11) is -0.875. The standard InChI is InChI=1S/C14H9BClNO3/c16-13-2-1-3-14(11(13)7-17)20-10-4-5-12-9(6-10)8-19-15(12)18/h1-6,18H,8H2. The minimum Gasteiger partial charge on any atom is -0.456 e. The molecule has 3 rings (SSSR count). The quantitative estimate of drug-likeness (QED) is 0.859. The molecule has 0 aliphatic carbocycles. The van der Waals surface area contributed by atoms with Crippen LogP contribution < -0.4 is 10.2 Å². The SMILES string of the molecule is N#Cc1c(Cl)cccc1Oc1ccc2c(c1)COB2O. The summed E-state index contributed by atoms with van der Waals surface area (Å²) in [5.74, 6) is 0.972. The molecule has 0 fully saturated rings. The third-order valence-corrected chi connectivity index (χ3v) is 3.41. The van der Waals surface area contributed by atoms with Crippen molar-refractivity contribution in [3.05, 3.63) is 52.5 Å². The largest absolute Gasteiger partial charge is 0.491 e. The van der Waals surface area contributed by atoms with Crippen molar-refractivity contribution in [1.82, 2.24) is 0 Å². The van der Waals surface area contributed by atoms with Gasteiger partial charge in [-0.05, 0) is 35.3 Å². The van der Waals surface area contributed by atoms with Crippen LogP contribution in [-0.4, -0.2) is 12.1 Å². The molecule has 6 heteroatoms. The summed E-state index contributed by atoms with van der Waals surface area (Å²) >= 11 is 5.95. The number of hydrogen-bond donors (Lipinski definition) is 1. The zero-order chi connectivity index (χ0) is 14.1. The van der Waals surface area contributed by atoms with Gasteiger partial charge in [-0.2, -0.15) is 5.26 Å². The van der Waals surface area contributed by atoms with E-state index in [0.29, 0.717) is 28.7 Å².